The highest BCUT2D eigenvalue weighted by atomic mass is 14.8. The predicted molar refractivity (Wildman–Crippen MR) is 64.5 cm³/mol. The molecule has 0 heterocycles. The Balaban J connectivity index is 1.62. The largest absolute Gasteiger partial charge is 0.399 e. The Bertz CT molecular complexity index is 288. The molecule has 0 unspecified atom stereocenters. The molecule has 0 saturated heterocycles. The molecule has 0 amide bonds. The summed E-state index contributed by atoms with van der Waals surface area (Å²) in [5.41, 5.74) is 7.78. The summed E-state index contributed by atoms with van der Waals surface area (Å²) < 4.78 is 0. The van der Waals surface area contributed by atoms with Crippen molar-refractivity contribution in [2.24, 2.45) is 5.92 Å². The van der Waals surface area contributed by atoms with E-state index < -0.39 is 0 Å². The number of nitrogen functional groups attached to an aromatic ring is 1. The third kappa shape index (κ3) is 3.24. The zero-order valence-corrected chi connectivity index (χ0v) is 9.21. The van der Waals surface area contributed by atoms with Crippen molar-refractivity contribution in [3.05, 3.63) is 29.8 Å². The molecule has 1 aliphatic rings. The minimum absolute atomic E-state index is 0.841. The number of hydrogen-bond donors (Lipinski definition) is 2. The molecule has 0 aliphatic heterocycles. The van der Waals surface area contributed by atoms with Crippen LogP contribution in [0.5, 0.6) is 0 Å². The second kappa shape index (κ2) is 5.17. The van der Waals surface area contributed by atoms with Gasteiger partial charge in [0.1, 0.15) is 0 Å². The van der Waals surface area contributed by atoms with E-state index in [-0.39, 0.29) is 0 Å². The fourth-order valence-electron chi connectivity index (χ4n) is 1.96. The molecule has 1 aromatic carbocycles. The van der Waals surface area contributed by atoms with Crippen molar-refractivity contribution in [3.8, 4) is 0 Å². The molecule has 0 bridgehead atoms. The highest BCUT2D eigenvalue weighted by Crippen LogP contribution is 2.28. The lowest BCUT2D eigenvalue weighted by Gasteiger charge is -2.25. The SMILES string of the molecule is Nc1ccc(CNCCC2CCC2)cc1. The maximum Gasteiger partial charge on any atom is 0.0314 e. The highest BCUT2D eigenvalue weighted by Gasteiger charge is 2.15. The summed E-state index contributed by atoms with van der Waals surface area (Å²) in [6.45, 7) is 2.11. The van der Waals surface area contributed by atoms with Crippen LogP contribution in [0.25, 0.3) is 0 Å². The molecule has 1 aromatic rings. The van der Waals surface area contributed by atoms with Gasteiger partial charge in [-0.05, 0) is 36.6 Å². The first-order valence-electron chi connectivity index (χ1n) is 5.90. The summed E-state index contributed by atoms with van der Waals surface area (Å²) >= 11 is 0. The molecular weight excluding hydrogens is 184 g/mol. The Kier molecular flexibility index (Phi) is 3.62. The fraction of sp³-hybridized carbons (Fsp3) is 0.538. The molecule has 0 atom stereocenters. The third-order valence-electron chi connectivity index (χ3n) is 3.26. The highest BCUT2D eigenvalue weighted by molar-refractivity contribution is 5.39. The monoisotopic (exact) mass is 204 g/mol. The van der Waals surface area contributed by atoms with Crippen molar-refractivity contribution < 1.29 is 0 Å². The Morgan fingerprint density at radius 2 is 1.93 bits per heavy atom. The molecule has 0 spiro atoms. The number of rotatable bonds is 5. The van der Waals surface area contributed by atoms with Crippen molar-refractivity contribution in [2.75, 3.05) is 12.3 Å². The van der Waals surface area contributed by atoms with Crippen LogP contribution in [0.3, 0.4) is 0 Å². The van der Waals surface area contributed by atoms with Crippen molar-refractivity contribution in [1.82, 2.24) is 5.32 Å². The van der Waals surface area contributed by atoms with Crippen LogP contribution >= 0.6 is 0 Å². The first-order chi connectivity index (χ1) is 7.34. The van der Waals surface area contributed by atoms with Gasteiger partial charge in [0.2, 0.25) is 0 Å². The third-order valence-corrected chi connectivity index (χ3v) is 3.26. The molecule has 2 rings (SSSR count). The Hall–Kier alpha value is -1.02. The van der Waals surface area contributed by atoms with Crippen LogP contribution < -0.4 is 11.1 Å². The molecule has 1 aliphatic carbocycles. The van der Waals surface area contributed by atoms with E-state index in [1.165, 1.54) is 31.2 Å². The second-order valence-corrected chi connectivity index (χ2v) is 4.50. The van der Waals surface area contributed by atoms with Gasteiger partial charge in [0, 0.05) is 12.2 Å². The number of hydrogen-bond acceptors (Lipinski definition) is 2. The van der Waals surface area contributed by atoms with E-state index in [2.05, 4.69) is 17.4 Å². The smallest absolute Gasteiger partial charge is 0.0314 e. The first-order valence-corrected chi connectivity index (χ1v) is 5.90. The standard InChI is InChI=1S/C13H20N2/c14-13-6-4-12(5-7-13)10-15-9-8-11-2-1-3-11/h4-7,11,15H,1-3,8-10,14H2. The van der Waals surface area contributed by atoms with Crippen LogP contribution in [0.15, 0.2) is 24.3 Å². The minimum Gasteiger partial charge on any atom is -0.399 e. The van der Waals surface area contributed by atoms with Crippen molar-refractivity contribution in [1.29, 1.82) is 0 Å². The Morgan fingerprint density at radius 1 is 1.20 bits per heavy atom. The van der Waals surface area contributed by atoms with E-state index in [0.717, 1.165) is 24.7 Å². The number of nitrogens with one attached hydrogen (secondary N) is 1. The van der Waals surface area contributed by atoms with Gasteiger partial charge in [-0.15, -0.1) is 0 Å². The fourth-order valence-corrected chi connectivity index (χ4v) is 1.96. The van der Waals surface area contributed by atoms with Crippen LogP contribution in [-0.2, 0) is 6.54 Å². The lowest BCUT2D eigenvalue weighted by atomic mass is 9.83. The van der Waals surface area contributed by atoms with E-state index in [1.54, 1.807) is 0 Å². The summed E-state index contributed by atoms with van der Waals surface area (Å²) in [5.74, 6) is 1.00. The molecule has 0 radical (unpaired) electrons. The van der Waals surface area contributed by atoms with Crippen LogP contribution in [0.2, 0.25) is 0 Å². The van der Waals surface area contributed by atoms with Gasteiger partial charge in [-0.25, -0.2) is 0 Å². The number of anilines is 1. The van der Waals surface area contributed by atoms with Crippen molar-refractivity contribution >= 4 is 5.69 Å². The molecular formula is C13H20N2. The van der Waals surface area contributed by atoms with Gasteiger partial charge in [0.05, 0.1) is 0 Å². The van der Waals surface area contributed by atoms with E-state index in [9.17, 15) is 0 Å². The lowest BCUT2D eigenvalue weighted by Crippen LogP contribution is -2.21. The maximum absolute atomic E-state index is 5.63. The molecule has 3 N–H and O–H groups in total. The van der Waals surface area contributed by atoms with Gasteiger partial charge in [0.15, 0.2) is 0 Å². The van der Waals surface area contributed by atoms with Crippen molar-refractivity contribution in [2.45, 2.75) is 32.2 Å². The molecule has 1 fully saturated rings. The minimum atomic E-state index is 0.841. The zero-order valence-electron chi connectivity index (χ0n) is 9.21. The van der Waals surface area contributed by atoms with Crippen molar-refractivity contribution in [3.63, 3.8) is 0 Å². The molecule has 1 saturated carbocycles. The van der Waals surface area contributed by atoms with Gasteiger partial charge in [-0.3, -0.25) is 0 Å². The van der Waals surface area contributed by atoms with E-state index in [1.807, 2.05) is 12.1 Å². The van der Waals surface area contributed by atoms with E-state index >= 15 is 0 Å². The van der Waals surface area contributed by atoms with Crippen LogP contribution in [0.4, 0.5) is 5.69 Å². The maximum atomic E-state index is 5.63. The average molecular weight is 204 g/mol. The molecule has 2 heteroatoms. The predicted octanol–water partition coefficient (Wildman–Crippen LogP) is 2.55. The second-order valence-electron chi connectivity index (χ2n) is 4.50. The van der Waals surface area contributed by atoms with E-state index in [0.29, 0.717) is 0 Å². The first kappa shape index (κ1) is 10.5. The topological polar surface area (TPSA) is 38.0 Å². The summed E-state index contributed by atoms with van der Waals surface area (Å²) in [7, 11) is 0. The summed E-state index contributed by atoms with van der Waals surface area (Å²) in [5, 5.41) is 3.48. The van der Waals surface area contributed by atoms with Crippen LogP contribution in [0.1, 0.15) is 31.2 Å². The van der Waals surface area contributed by atoms with Gasteiger partial charge in [-0.2, -0.15) is 0 Å². The van der Waals surface area contributed by atoms with Crippen LogP contribution in [-0.4, -0.2) is 6.54 Å². The summed E-state index contributed by atoms with van der Waals surface area (Å²) in [6, 6.07) is 8.10. The van der Waals surface area contributed by atoms with Gasteiger partial charge >= 0.3 is 0 Å². The van der Waals surface area contributed by atoms with Gasteiger partial charge in [0.25, 0.3) is 0 Å². The average Bonchev–Trinajstić information content (AvgIpc) is 2.18. The summed E-state index contributed by atoms with van der Waals surface area (Å²) in [6.07, 6.45) is 5.69. The normalized spacial score (nSPS) is 16.3. The zero-order chi connectivity index (χ0) is 10.5. The van der Waals surface area contributed by atoms with Gasteiger partial charge < -0.3 is 11.1 Å². The van der Waals surface area contributed by atoms with Gasteiger partial charge in [-0.1, -0.05) is 31.4 Å². The molecule has 82 valence electrons. The lowest BCUT2D eigenvalue weighted by molar-refractivity contribution is 0.292. The Morgan fingerprint density at radius 3 is 2.53 bits per heavy atom. The summed E-state index contributed by atoms with van der Waals surface area (Å²) in [4.78, 5) is 0. The number of benzene rings is 1. The quantitative estimate of drug-likeness (QED) is 0.571. The van der Waals surface area contributed by atoms with Crippen LogP contribution in [0, 0.1) is 5.92 Å². The molecule has 2 nitrogen and oxygen atoms in total. The molecule has 15 heavy (non-hydrogen) atoms. The number of nitrogens with two attached hydrogens (primary N) is 1. The Labute approximate surface area is 91.9 Å². The van der Waals surface area contributed by atoms with E-state index in [4.69, 9.17) is 5.73 Å². The molecule has 0 aromatic heterocycles.